The number of anilines is 1. The van der Waals surface area contributed by atoms with Gasteiger partial charge < -0.3 is 10.6 Å². The molecule has 2 N–H and O–H groups in total. The lowest BCUT2D eigenvalue weighted by Crippen LogP contribution is -2.25. The maximum atomic E-state index is 13.8. The lowest BCUT2D eigenvalue weighted by atomic mass is 10.2. The van der Waals surface area contributed by atoms with E-state index < -0.39 is 11.7 Å². The Labute approximate surface area is 111 Å². The Kier molecular flexibility index (Phi) is 6.49. The van der Waals surface area contributed by atoms with Gasteiger partial charge in [0.05, 0.1) is 5.56 Å². The number of aromatic nitrogens is 1. The molecule has 0 bridgehead atoms. The van der Waals surface area contributed by atoms with Gasteiger partial charge in [-0.3, -0.25) is 4.79 Å². The zero-order chi connectivity index (χ0) is 13.4. The highest BCUT2D eigenvalue weighted by molar-refractivity contribution is 7.98. The molecule has 6 heteroatoms. The number of hydrogen-bond acceptors (Lipinski definition) is 4. The molecule has 0 saturated heterocycles. The lowest BCUT2D eigenvalue weighted by molar-refractivity contribution is 0.0949. The molecule has 0 unspecified atom stereocenters. The van der Waals surface area contributed by atoms with Crippen LogP contribution < -0.4 is 10.6 Å². The highest BCUT2D eigenvalue weighted by Gasteiger charge is 2.14. The number of rotatable bonds is 7. The Bertz CT molecular complexity index is 401. The van der Waals surface area contributed by atoms with Gasteiger partial charge in [0, 0.05) is 19.8 Å². The number of hydrogen-bond donors (Lipinski definition) is 2. The van der Waals surface area contributed by atoms with Crippen LogP contribution in [0.4, 0.5) is 10.2 Å². The monoisotopic (exact) mass is 271 g/mol. The predicted octanol–water partition coefficient (Wildman–Crippen LogP) is 2.14. The summed E-state index contributed by atoms with van der Waals surface area (Å²) >= 11 is 1.77. The second kappa shape index (κ2) is 7.92. The lowest BCUT2D eigenvalue weighted by Gasteiger charge is -2.08. The van der Waals surface area contributed by atoms with Gasteiger partial charge in [-0.25, -0.2) is 9.37 Å². The number of halogens is 1. The summed E-state index contributed by atoms with van der Waals surface area (Å²) in [6, 6.07) is 1.38. The molecule has 0 aromatic carbocycles. The van der Waals surface area contributed by atoms with Crippen molar-refractivity contribution in [2.45, 2.75) is 12.8 Å². The van der Waals surface area contributed by atoms with Crippen LogP contribution in [-0.4, -0.2) is 36.5 Å². The van der Waals surface area contributed by atoms with Gasteiger partial charge in [0.1, 0.15) is 0 Å². The van der Waals surface area contributed by atoms with E-state index in [2.05, 4.69) is 15.6 Å². The van der Waals surface area contributed by atoms with Crippen molar-refractivity contribution in [2.24, 2.45) is 0 Å². The zero-order valence-electron chi connectivity index (χ0n) is 10.6. The summed E-state index contributed by atoms with van der Waals surface area (Å²) in [6.45, 7) is 0.566. The number of amides is 1. The molecule has 1 heterocycles. The van der Waals surface area contributed by atoms with Crippen molar-refractivity contribution in [1.82, 2.24) is 10.3 Å². The van der Waals surface area contributed by atoms with Gasteiger partial charge in [-0.05, 0) is 30.9 Å². The van der Waals surface area contributed by atoms with Crippen LogP contribution in [0.25, 0.3) is 0 Å². The number of unbranched alkanes of at least 4 members (excludes halogenated alkanes) is 1. The topological polar surface area (TPSA) is 54.0 Å². The molecule has 0 spiro atoms. The Morgan fingerprint density at radius 2 is 2.28 bits per heavy atom. The van der Waals surface area contributed by atoms with Crippen molar-refractivity contribution >= 4 is 23.5 Å². The second-order valence-electron chi connectivity index (χ2n) is 3.73. The third kappa shape index (κ3) is 4.18. The standard InChI is InChI=1S/C12H18FN3OS/c1-14-11-10(13)9(5-7-15-11)12(17)16-6-3-4-8-18-2/h5,7H,3-4,6,8H2,1-2H3,(H,14,15)(H,16,17). The van der Waals surface area contributed by atoms with E-state index in [1.807, 2.05) is 6.26 Å². The Morgan fingerprint density at radius 1 is 1.50 bits per heavy atom. The Hall–Kier alpha value is -1.30. The highest BCUT2D eigenvalue weighted by Crippen LogP contribution is 2.14. The molecule has 4 nitrogen and oxygen atoms in total. The molecule has 0 aliphatic rings. The van der Waals surface area contributed by atoms with Gasteiger partial charge in [-0.15, -0.1) is 0 Å². The van der Waals surface area contributed by atoms with Crippen molar-refractivity contribution in [2.75, 3.05) is 30.9 Å². The van der Waals surface area contributed by atoms with Gasteiger partial charge in [0.2, 0.25) is 0 Å². The normalized spacial score (nSPS) is 10.2. The third-order valence-electron chi connectivity index (χ3n) is 2.43. The van der Waals surface area contributed by atoms with Crippen LogP contribution in [0.2, 0.25) is 0 Å². The van der Waals surface area contributed by atoms with Crippen molar-refractivity contribution in [3.8, 4) is 0 Å². The Balaban J connectivity index is 2.51. The van der Waals surface area contributed by atoms with E-state index in [0.717, 1.165) is 18.6 Å². The van der Waals surface area contributed by atoms with Gasteiger partial charge in [0.25, 0.3) is 5.91 Å². The molecule has 100 valence electrons. The van der Waals surface area contributed by atoms with E-state index in [9.17, 15) is 9.18 Å². The van der Waals surface area contributed by atoms with Crippen LogP contribution in [0.3, 0.4) is 0 Å². The van der Waals surface area contributed by atoms with E-state index in [1.165, 1.54) is 12.3 Å². The molecule has 0 atom stereocenters. The fourth-order valence-corrected chi connectivity index (χ4v) is 1.95. The number of pyridine rings is 1. The first-order chi connectivity index (χ1) is 8.70. The van der Waals surface area contributed by atoms with Crippen LogP contribution in [0, 0.1) is 5.82 Å². The van der Waals surface area contributed by atoms with Gasteiger partial charge in [-0.1, -0.05) is 0 Å². The quantitative estimate of drug-likeness (QED) is 0.746. The van der Waals surface area contributed by atoms with E-state index in [-0.39, 0.29) is 11.4 Å². The molecule has 0 fully saturated rings. The van der Waals surface area contributed by atoms with Crippen LogP contribution in [-0.2, 0) is 0 Å². The van der Waals surface area contributed by atoms with Crippen LogP contribution in [0.5, 0.6) is 0 Å². The van der Waals surface area contributed by atoms with Crippen molar-refractivity contribution in [1.29, 1.82) is 0 Å². The van der Waals surface area contributed by atoms with E-state index in [4.69, 9.17) is 0 Å². The molecule has 1 amide bonds. The number of nitrogens with zero attached hydrogens (tertiary/aromatic N) is 1. The summed E-state index contributed by atoms with van der Waals surface area (Å²) in [5.74, 6) is 0.158. The van der Waals surface area contributed by atoms with Crippen molar-refractivity contribution in [3.63, 3.8) is 0 Å². The predicted molar refractivity (Wildman–Crippen MR) is 73.7 cm³/mol. The molecule has 0 aliphatic heterocycles. The maximum absolute atomic E-state index is 13.8. The largest absolute Gasteiger partial charge is 0.371 e. The SMILES string of the molecule is CNc1nccc(C(=O)NCCCCSC)c1F. The summed E-state index contributed by atoms with van der Waals surface area (Å²) in [5, 5.41) is 5.31. The van der Waals surface area contributed by atoms with E-state index >= 15 is 0 Å². The molecule has 18 heavy (non-hydrogen) atoms. The average Bonchev–Trinajstić information content (AvgIpc) is 2.38. The molecule has 1 aromatic heterocycles. The highest BCUT2D eigenvalue weighted by atomic mass is 32.2. The molecule has 0 radical (unpaired) electrons. The van der Waals surface area contributed by atoms with Crippen LogP contribution in [0.1, 0.15) is 23.2 Å². The first-order valence-electron chi connectivity index (χ1n) is 5.80. The fourth-order valence-electron chi connectivity index (χ4n) is 1.46. The van der Waals surface area contributed by atoms with E-state index in [1.54, 1.807) is 18.8 Å². The molecule has 1 aromatic rings. The molecule has 0 saturated carbocycles. The van der Waals surface area contributed by atoms with Crippen molar-refractivity contribution in [3.05, 3.63) is 23.6 Å². The number of thioether (sulfide) groups is 1. The maximum Gasteiger partial charge on any atom is 0.254 e. The number of carbonyl (C=O) groups is 1. The van der Waals surface area contributed by atoms with E-state index in [0.29, 0.717) is 6.54 Å². The smallest absolute Gasteiger partial charge is 0.254 e. The third-order valence-corrected chi connectivity index (χ3v) is 3.13. The summed E-state index contributed by atoms with van der Waals surface area (Å²) in [7, 11) is 1.56. The van der Waals surface area contributed by atoms with Gasteiger partial charge in [-0.2, -0.15) is 11.8 Å². The Morgan fingerprint density at radius 3 is 2.94 bits per heavy atom. The molecular weight excluding hydrogens is 253 g/mol. The van der Waals surface area contributed by atoms with Crippen LogP contribution >= 0.6 is 11.8 Å². The second-order valence-corrected chi connectivity index (χ2v) is 4.71. The summed E-state index contributed by atoms with van der Waals surface area (Å²) in [5.41, 5.74) is 0.0271. The number of nitrogens with one attached hydrogen (secondary N) is 2. The number of carbonyl (C=O) groups excluding carboxylic acids is 1. The first-order valence-corrected chi connectivity index (χ1v) is 7.19. The minimum absolute atomic E-state index is 0.0271. The minimum Gasteiger partial charge on any atom is -0.371 e. The first kappa shape index (κ1) is 14.8. The van der Waals surface area contributed by atoms with Crippen molar-refractivity contribution < 1.29 is 9.18 Å². The molecule has 1 rings (SSSR count). The summed E-state index contributed by atoms with van der Waals surface area (Å²) in [6.07, 6.45) is 5.40. The fraction of sp³-hybridized carbons (Fsp3) is 0.500. The average molecular weight is 271 g/mol. The minimum atomic E-state index is -0.610. The molecule has 0 aliphatic carbocycles. The van der Waals surface area contributed by atoms with Gasteiger partial charge in [0.15, 0.2) is 11.6 Å². The summed E-state index contributed by atoms with van der Waals surface area (Å²) in [4.78, 5) is 15.5. The van der Waals surface area contributed by atoms with Crippen LogP contribution in [0.15, 0.2) is 12.3 Å². The summed E-state index contributed by atoms with van der Waals surface area (Å²) < 4.78 is 13.8. The zero-order valence-corrected chi connectivity index (χ0v) is 11.4. The molecular formula is C12H18FN3OS. The van der Waals surface area contributed by atoms with Gasteiger partial charge >= 0.3 is 0 Å².